The number of carbonyl (C=O) groups excluding carboxylic acids is 1. The molecular formula is C27H32F6N6O5. The van der Waals surface area contributed by atoms with E-state index in [0.29, 0.717) is 12.5 Å². The van der Waals surface area contributed by atoms with Crippen molar-refractivity contribution in [2.24, 2.45) is 17.3 Å². The summed E-state index contributed by atoms with van der Waals surface area (Å²) in [6, 6.07) is 7.92. The van der Waals surface area contributed by atoms with Gasteiger partial charge in [-0.3, -0.25) is 14.7 Å². The van der Waals surface area contributed by atoms with Crippen molar-refractivity contribution in [3.63, 3.8) is 0 Å². The molecule has 2 aromatic heterocycles. The number of fused-ring (bicyclic) bond motifs is 1. The highest BCUT2D eigenvalue weighted by atomic mass is 19.4. The summed E-state index contributed by atoms with van der Waals surface area (Å²) >= 11 is 0. The number of amides is 1. The average Bonchev–Trinajstić information content (AvgIpc) is 3.75. The second-order valence-corrected chi connectivity index (χ2v) is 10.7. The zero-order valence-corrected chi connectivity index (χ0v) is 23.4. The SMILES string of the molecule is O=C(NCC1CC1)[C@@]12CCCN(Cc3ccccn3)C[C@H]1CN(c1ncccn1)C2.O=C(O)C(F)(F)F.O=C(O)C(F)(F)F. The fourth-order valence-electron chi connectivity index (χ4n) is 5.09. The number of nitrogens with zero attached hydrogens (tertiary/aromatic N) is 5. The number of hydrogen-bond donors (Lipinski definition) is 3. The fraction of sp³-hybridized carbons (Fsp3) is 0.556. The van der Waals surface area contributed by atoms with Crippen molar-refractivity contribution in [1.29, 1.82) is 0 Å². The van der Waals surface area contributed by atoms with Gasteiger partial charge in [0.2, 0.25) is 11.9 Å². The average molecular weight is 635 g/mol. The smallest absolute Gasteiger partial charge is 0.475 e. The number of halogens is 6. The second kappa shape index (κ2) is 14.6. The molecule has 2 atom stereocenters. The van der Waals surface area contributed by atoms with Gasteiger partial charge in [0.15, 0.2) is 0 Å². The van der Waals surface area contributed by atoms with Gasteiger partial charge in [0, 0.05) is 57.2 Å². The monoisotopic (exact) mass is 634 g/mol. The summed E-state index contributed by atoms with van der Waals surface area (Å²) in [5.41, 5.74) is 0.719. The third-order valence-corrected chi connectivity index (χ3v) is 7.40. The van der Waals surface area contributed by atoms with Crippen molar-refractivity contribution in [3.05, 3.63) is 48.5 Å². The van der Waals surface area contributed by atoms with Crippen molar-refractivity contribution in [1.82, 2.24) is 25.2 Å². The zero-order chi connectivity index (χ0) is 32.5. The van der Waals surface area contributed by atoms with Gasteiger partial charge in [0.05, 0.1) is 11.1 Å². The molecule has 1 saturated carbocycles. The number of alkyl halides is 6. The molecule has 1 aliphatic carbocycles. The van der Waals surface area contributed by atoms with E-state index in [1.165, 1.54) is 12.8 Å². The van der Waals surface area contributed by atoms with Gasteiger partial charge in [-0.1, -0.05) is 6.07 Å². The Kier molecular flexibility index (Phi) is 11.5. The first-order chi connectivity index (χ1) is 20.6. The molecule has 0 unspecified atom stereocenters. The minimum atomic E-state index is -5.08. The standard InChI is InChI=1S/C23H30N6O.2C2HF3O2/c30-21(27-13-18-6-7-18)23-8-3-12-28(16-20-5-1-2-9-24-20)14-19(23)15-29(17-23)22-25-10-4-11-26-22;2*3-2(4,5)1(6)7/h1-2,4-5,9-11,18-19H,3,6-8,12-17H2,(H,27,30);2*(H,6,7)/t19-,23+;;/m0../s1. The lowest BCUT2D eigenvalue weighted by Gasteiger charge is -2.32. The molecule has 5 rings (SSSR count). The molecule has 0 aromatic carbocycles. The van der Waals surface area contributed by atoms with Crippen LogP contribution in [0.4, 0.5) is 32.3 Å². The number of carboxylic acids is 2. The first kappa shape index (κ1) is 34.5. The highest BCUT2D eigenvalue weighted by molar-refractivity contribution is 5.84. The van der Waals surface area contributed by atoms with Gasteiger partial charge in [-0.15, -0.1) is 0 Å². The Morgan fingerprint density at radius 1 is 0.909 bits per heavy atom. The van der Waals surface area contributed by atoms with Crippen LogP contribution in [0.3, 0.4) is 0 Å². The van der Waals surface area contributed by atoms with Crippen molar-refractivity contribution >= 4 is 23.8 Å². The molecule has 0 bridgehead atoms. The molecule has 3 N–H and O–H groups in total. The molecule has 2 aromatic rings. The third kappa shape index (κ3) is 10.0. The van der Waals surface area contributed by atoms with Crippen LogP contribution in [0.2, 0.25) is 0 Å². The number of carbonyl (C=O) groups is 3. The maximum absolute atomic E-state index is 13.5. The van der Waals surface area contributed by atoms with E-state index >= 15 is 0 Å². The number of aliphatic carboxylic acids is 2. The first-order valence-electron chi connectivity index (χ1n) is 13.6. The summed E-state index contributed by atoms with van der Waals surface area (Å²) in [5, 5.41) is 17.6. The number of hydrogen-bond acceptors (Lipinski definition) is 8. The van der Waals surface area contributed by atoms with Crippen LogP contribution >= 0.6 is 0 Å². The van der Waals surface area contributed by atoms with E-state index in [1.54, 1.807) is 12.4 Å². The van der Waals surface area contributed by atoms with E-state index in [0.717, 1.165) is 57.2 Å². The van der Waals surface area contributed by atoms with Crippen LogP contribution in [-0.4, -0.2) is 93.0 Å². The zero-order valence-electron chi connectivity index (χ0n) is 23.4. The van der Waals surface area contributed by atoms with Gasteiger partial charge in [-0.25, -0.2) is 19.6 Å². The molecule has 3 fully saturated rings. The molecule has 11 nitrogen and oxygen atoms in total. The highest BCUT2D eigenvalue weighted by Crippen LogP contribution is 2.44. The summed E-state index contributed by atoms with van der Waals surface area (Å²) in [6.45, 7) is 5.09. The largest absolute Gasteiger partial charge is 0.490 e. The van der Waals surface area contributed by atoms with Crippen molar-refractivity contribution in [2.75, 3.05) is 37.6 Å². The fourth-order valence-corrected chi connectivity index (χ4v) is 5.09. The minimum Gasteiger partial charge on any atom is -0.475 e. The Hall–Kier alpha value is -4.02. The number of nitrogens with one attached hydrogen (secondary N) is 1. The molecule has 0 spiro atoms. The van der Waals surface area contributed by atoms with Crippen LogP contribution in [-0.2, 0) is 20.9 Å². The van der Waals surface area contributed by atoms with Gasteiger partial charge >= 0.3 is 24.3 Å². The summed E-state index contributed by atoms with van der Waals surface area (Å²) in [5.74, 6) is -3.61. The van der Waals surface area contributed by atoms with Crippen molar-refractivity contribution in [3.8, 4) is 0 Å². The molecule has 242 valence electrons. The van der Waals surface area contributed by atoms with Crippen LogP contribution in [0.15, 0.2) is 42.9 Å². The summed E-state index contributed by atoms with van der Waals surface area (Å²) < 4.78 is 63.5. The Labute approximate surface area is 248 Å². The molecule has 17 heteroatoms. The van der Waals surface area contributed by atoms with Crippen LogP contribution in [0, 0.1) is 17.3 Å². The number of carboxylic acid groups (broad SMARTS) is 2. The normalized spacial score (nSPS) is 21.9. The predicted molar refractivity (Wildman–Crippen MR) is 142 cm³/mol. The molecular weight excluding hydrogens is 602 g/mol. The van der Waals surface area contributed by atoms with Crippen molar-refractivity contribution < 1.29 is 50.9 Å². The number of anilines is 1. The quantitative estimate of drug-likeness (QED) is 0.404. The van der Waals surface area contributed by atoms with Crippen LogP contribution in [0.5, 0.6) is 0 Å². The lowest BCUT2D eigenvalue weighted by Crippen LogP contribution is -2.48. The number of rotatable bonds is 6. The van der Waals surface area contributed by atoms with E-state index < -0.39 is 24.3 Å². The van der Waals surface area contributed by atoms with E-state index in [1.807, 2.05) is 24.4 Å². The summed E-state index contributed by atoms with van der Waals surface area (Å²) in [4.78, 5) is 49.4. The number of aromatic nitrogens is 3. The number of likely N-dealkylation sites (tertiary alicyclic amines) is 1. The molecule has 3 aliphatic rings. The maximum atomic E-state index is 13.5. The Morgan fingerprint density at radius 3 is 2.02 bits per heavy atom. The van der Waals surface area contributed by atoms with E-state index in [9.17, 15) is 31.1 Å². The molecule has 1 amide bonds. The van der Waals surface area contributed by atoms with Crippen LogP contribution in [0.1, 0.15) is 31.4 Å². The van der Waals surface area contributed by atoms with E-state index in [2.05, 4.69) is 36.1 Å². The third-order valence-electron chi connectivity index (χ3n) is 7.40. The topological polar surface area (TPSA) is 149 Å². The van der Waals surface area contributed by atoms with Gasteiger partial charge in [-0.05, 0) is 56.3 Å². The van der Waals surface area contributed by atoms with Crippen LogP contribution < -0.4 is 10.2 Å². The lowest BCUT2D eigenvalue weighted by atomic mass is 9.74. The highest BCUT2D eigenvalue weighted by Gasteiger charge is 2.53. The Morgan fingerprint density at radius 2 is 1.50 bits per heavy atom. The molecule has 44 heavy (non-hydrogen) atoms. The minimum absolute atomic E-state index is 0.234. The Bertz CT molecular complexity index is 1230. The van der Waals surface area contributed by atoms with Gasteiger partial charge < -0.3 is 20.4 Å². The first-order valence-corrected chi connectivity index (χ1v) is 13.6. The van der Waals surface area contributed by atoms with Gasteiger partial charge in [-0.2, -0.15) is 26.3 Å². The lowest BCUT2D eigenvalue weighted by molar-refractivity contribution is -0.193. The summed E-state index contributed by atoms with van der Waals surface area (Å²) in [6.07, 6.45) is -0.322. The molecule has 2 saturated heterocycles. The van der Waals surface area contributed by atoms with E-state index in [4.69, 9.17) is 19.8 Å². The summed E-state index contributed by atoms with van der Waals surface area (Å²) in [7, 11) is 0. The molecule has 4 heterocycles. The predicted octanol–water partition coefficient (Wildman–Crippen LogP) is 3.38. The molecule has 2 aliphatic heterocycles. The molecule has 0 radical (unpaired) electrons. The van der Waals surface area contributed by atoms with E-state index in [-0.39, 0.29) is 17.2 Å². The Balaban J connectivity index is 0.000000317. The second-order valence-electron chi connectivity index (χ2n) is 10.7. The van der Waals surface area contributed by atoms with Crippen LogP contribution in [0.25, 0.3) is 0 Å². The number of pyridine rings is 1. The van der Waals surface area contributed by atoms with Gasteiger partial charge in [0.1, 0.15) is 0 Å². The van der Waals surface area contributed by atoms with Crippen molar-refractivity contribution in [2.45, 2.75) is 44.6 Å². The maximum Gasteiger partial charge on any atom is 0.490 e. The van der Waals surface area contributed by atoms with Gasteiger partial charge in [0.25, 0.3) is 0 Å².